The van der Waals surface area contributed by atoms with Gasteiger partial charge in [-0.2, -0.15) is 0 Å². The molecule has 0 saturated heterocycles. The molecule has 6 heteroatoms. The fourth-order valence-corrected chi connectivity index (χ4v) is 3.18. The quantitative estimate of drug-likeness (QED) is 0.650. The first-order valence-corrected chi connectivity index (χ1v) is 8.37. The Morgan fingerprint density at radius 3 is 2.48 bits per heavy atom. The summed E-state index contributed by atoms with van der Waals surface area (Å²) in [5.41, 5.74) is 2.80. The first kappa shape index (κ1) is 15.4. The molecule has 0 radical (unpaired) electrons. The van der Waals surface area contributed by atoms with Crippen molar-refractivity contribution >= 4 is 38.1 Å². The van der Waals surface area contributed by atoms with Crippen molar-refractivity contribution < 1.29 is 5.11 Å². The molecule has 3 aromatic rings. The van der Waals surface area contributed by atoms with E-state index in [1.807, 2.05) is 12.1 Å². The minimum absolute atomic E-state index is 0.233. The number of benzene rings is 2. The molecule has 0 unspecified atom stereocenters. The summed E-state index contributed by atoms with van der Waals surface area (Å²) in [6, 6.07) is 13.1. The van der Waals surface area contributed by atoms with E-state index in [1.54, 1.807) is 18.2 Å². The highest BCUT2D eigenvalue weighted by Crippen LogP contribution is 2.31. The summed E-state index contributed by atoms with van der Waals surface area (Å²) >= 11 is 1.41. The van der Waals surface area contributed by atoms with Crippen molar-refractivity contribution in [3.63, 3.8) is 0 Å². The van der Waals surface area contributed by atoms with Crippen LogP contribution in [0.2, 0.25) is 0 Å². The average molecular weight is 326 g/mol. The van der Waals surface area contributed by atoms with Crippen molar-refractivity contribution in [3.8, 4) is 5.75 Å². The second kappa shape index (κ2) is 6.75. The van der Waals surface area contributed by atoms with Gasteiger partial charge in [0.05, 0.1) is 15.9 Å². The smallest absolute Gasteiger partial charge is 0.231 e. The number of azo groups is 1. The minimum Gasteiger partial charge on any atom is -0.508 e. The maximum absolute atomic E-state index is 9.48. The van der Waals surface area contributed by atoms with E-state index in [9.17, 15) is 5.11 Å². The molecule has 118 valence electrons. The third-order valence-corrected chi connectivity index (χ3v) is 4.49. The molecule has 5 nitrogen and oxygen atoms in total. The van der Waals surface area contributed by atoms with Gasteiger partial charge in [0, 0.05) is 18.8 Å². The van der Waals surface area contributed by atoms with Gasteiger partial charge in [-0.3, -0.25) is 0 Å². The molecule has 0 aliphatic heterocycles. The lowest BCUT2D eigenvalue weighted by Gasteiger charge is -2.20. The topological polar surface area (TPSA) is 61.1 Å². The Morgan fingerprint density at radius 1 is 1.04 bits per heavy atom. The van der Waals surface area contributed by atoms with Crippen LogP contribution in [0, 0.1) is 0 Å². The van der Waals surface area contributed by atoms with Gasteiger partial charge in [0.15, 0.2) is 0 Å². The van der Waals surface area contributed by atoms with Gasteiger partial charge in [-0.05, 0) is 56.3 Å². The zero-order chi connectivity index (χ0) is 16.2. The maximum Gasteiger partial charge on any atom is 0.231 e. The van der Waals surface area contributed by atoms with Gasteiger partial charge < -0.3 is 10.0 Å². The first-order chi connectivity index (χ1) is 11.2. The Labute approximate surface area is 138 Å². The van der Waals surface area contributed by atoms with Crippen LogP contribution >= 0.6 is 11.3 Å². The molecule has 3 rings (SSSR count). The Kier molecular flexibility index (Phi) is 4.52. The first-order valence-electron chi connectivity index (χ1n) is 7.56. The average Bonchev–Trinajstić information content (AvgIpc) is 2.97. The number of hydrogen-bond acceptors (Lipinski definition) is 6. The third-order valence-electron chi connectivity index (χ3n) is 3.59. The molecular weight excluding hydrogens is 308 g/mol. The number of nitrogens with zero attached hydrogens (tertiary/aromatic N) is 4. The van der Waals surface area contributed by atoms with Crippen molar-refractivity contribution in [2.75, 3.05) is 18.0 Å². The molecule has 0 amide bonds. The van der Waals surface area contributed by atoms with Crippen LogP contribution in [0.25, 0.3) is 10.2 Å². The summed E-state index contributed by atoms with van der Waals surface area (Å²) in [7, 11) is 0. The molecule has 2 aromatic carbocycles. The molecule has 1 aromatic heterocycles. The minimum atomic E-state index is 0.233. The van der Waals surface area contributed by atoms with Crippen LogP contribution in [-0.4, -0.2) is 23.2 Å². The molecule has 1 N–H and O–H groups in total. The van der Waals surface area contributed by atoms with Crippen LogP contribution < -0.4 is 4.90 Å². The molecule has 23 heavy (non-hydrogen) atoms. The summed E-state index contributed by atoms with van der Waals surface area (Å²) < 4.78 is 0.899. The second-order valence-corrected chi connectivity index (χ2v) is 6.05. The van der Waals surface area contributed by atoms with Gasteiger partial charge in [0.25, 0.3) is 0 Å². The van der Waals surface area contributed by atoms with E-state index in [1.165, 1.54) is 17.0 Å². The summed E-state index contributed by atoms with van der Waals surface area (Å²) in [5, 5.41) is 18.5. The predicted molar refractivity (Wildman–Crippen MR) is 95.5 cm³/mol. The molecule has 0 fully saturated rings. The van der Waals surface area contributed by atoms with E-state index in [4.69, 9.17) is 0 Å². The van der Waals surface area contributed by atoms with E-state index in [2.05, 4.69) is 46.1 Å². The van der Waals surface area contributed by atoms with Gasteiger partial charge in [0.2, 0.25) is 5.13 Å². The highest BCUT2D eigenvalue weighted by Gasteiger charge is 2.04. The van der Waals surface area contributed by atoms with Gasteiger partial charge in [-0.1, -0.05) is 11.3 Å². The zero-order valence-electron chi connectivity index (χ0n) is 13.1. The van der Waals surface area contributed by atoms with Crippen LogP contribution in [0.4, 0.5) is 16.5 Å². The van der Waals surface area contributed by atoms with Crippen LogP contribution in [0.3, 0.4) is 0 Å². The Hall–Kier alpha value is -2.47. The van der Waals surface area contributed by atoms with Gasteiger partial charge >= 0.3 is 0 Å². The Bertz CT molecular complexity index is 822. The number of rotatable bonds is 5. The van der Waals surface area contributed by atoms with Gasteiger partial charge in [0.1, 0.15) is 5.75 Å². The number of phenols is 1. The van der Waals surface area contributed by atoms with Crippen molar-refractivity contribution in [3.05, 3.63) is 42.5 Å². The lowest BCUT2D eigenvalue weighted by atomic mass is 10.2. The summed E-state index contributed by atoms with van der Waals surface area (Å²) in [5.74, 6) is 0.233. The van der Waals surface area contributed by atoms with Crippen LogP contribution in [0.5, 0.6) is 5.75 Å². The number of phenolic OH excluding ortho intramolecular Hbond substituents is 1. The van der Waals surface area contributed by atoms with Crippen LogP contribution in [-0.2, 0) is 0 Å². The summed E-state index contributed by atoms with van der Waals surface area (Å²) in [6.45, 7) is 6.25. The predicted octanol–water partition coefficient (Wildman–Crippen LogP) is 5.26. The van der Waals surface area contributed by atoms with Crippen molar-refractivity contribution in [2.24, 2.45) is 10.2 Å². The van der Waals surface area contributed by atoms with Gasteiger partial charge in [-0.25, -0.2) is 4.98 Å². The van der Waals surface area contributed by atoms with E-state index in [-0.39, 0.29) is 5.75 Å². The fraction of sp³-hybridized carbons (Fsp3) is 0.235. The highest BCUT2D eigenvalue weighted by molar-refractivity contribution is 7.21. The number of aromatic nitrogens is 1. The van der Waals surface area contributed by atoms with Crippen molar-refractivity contribution in [2.45, 2.75) is 13.8 Å². The van der Waals surface area contributed by atoms with E-state index in [0.717, 1.165) is 29.0 Å². The standard InChI is InChI=1S/C17H18N4OS/c1-3-21(4-2)13-7-5-12(6-8-13)19-20-17-18-15-10-9-14(22)11-16(15)23-17/h5-11,22H,3-4H2,1-2H3. The summed E-state index contributed by atoms with van der Waals surface area (Å²) in [6.07, 6.45) is 0. The number of hydrogen-bond donors (Lipinski definition) is 1. The van der Waals surface area contributed by atoms with E-state index >= 15 is 0 Å². The maximum atomic E-state index is 9.48. The van der Waals surface area contributed by atoms with Crippen LogP contribution in [0.1, 0.15) is 13.8 Å². The SMILES string of the molecule is CCN(CC)c1ccc(N=Nc2nc3ccc(O)cc3s2)cc1. The Balaban J connectivity index is 1.78. The molecule has 0 bridgehead atoms. The summed E-state index contributed by atoms with van der Waals surface area (Å²) in [4.78, 5) is 6.66. The second-order valence-electron chi connectivity index (χ2n) is 5.04. The number of thiazole rings is 1. The molecule has 0 saturated carbocycles. The monoisotopic (exact) mass is 326 g/mol. The molecule has 0 spiro atoms. The lowest BCUT2D eigenvalue weighted by molar-refractivity contribution is 0.476. The van der Waals surface area contributed by atoms with E-state index in [0.29, 0.717) is 5.13 Å². The van der Waals surface area contributed by atoms with E-state index < -0.39 is 0 Å². The number of fused-ring (bicyclic) bond motifs is 1. The highest BCUT2D eigenvalue weighted by atomic mass is 32.1. The normalized spacial score (nSPS) is 11.4. The Morgan fingerprint density at radius 2 is 1.78 bits per heavy atom. The number of anilines is 1. The molecule has 0 atom stereocenters. The largest absolute Gasteiger partial charge is 0.508 e. The van der Waals surface area contributed by atoms with Crippen molar-refractivity contribution in [1.29, 1.82) is 0 Å². The fourth-order valence-electron chi connectivity index (χ4n) is 2.36. The third kappa shape index (κ3) is 3.48. The lowest BCUT2D eigenvalue weighted by Crippen LogP contribution is -2.21. The molecular formula is C17H18N4OS. The molecule has 0 aliphatic rings. The zero-order valence-corrected chi connectivity index (χ0v) is 13.9. The molecule has 0 aliphatic carbocycles. The number of aromatic hydroxyl groups is 1. The van der Waals surface area contributed by atoms with Crippen LogP contribution in [0.15, 0.2) is 52.7 Å². The molecule has 1 heterocycles. The van der Waals surface area contributed by atoms with Crippen molar-refractivity contribution in [1.82, 2.24) is 4.98 Å². The van der Waals surface area contributed by atoms with Gasteiger partial charge in [-0.15, -0.1) is 10.2 Å².